The van der Waals surface area contributed by atoms with Gasteiger partial charge in [-0.2, -0.15) is 0 Å². The van der Waals surface area contributed by atoms with Gasteiger partial charge in [0.1, 0.15) is 0 Å². The van der Waals surface area contributed by atoms with Crippen molar-refractivity contribution in [1.29, 1.82) is 0 Å². The van der Waals surface area contributed by atoms with Crippen molar-refractivity contribution in [3.05, 3.63) is 17.5 Å². The number of nitrogens with zero attached hydrogens (tertiary/aromatic N) is 2. The third kappa shape index (κ3) is 4.41. The molecule has 3 N–H and O–H groups in total. The fourth-order valence-electron chi connectivity index (χ4n) is 2.82. The van der Waals surface area contributed by atoms with E-state index in [1.54, 1.807) is 6.20 Å². The van der Waals surface area contributed by atoms with Gasteiger partial charge in [0.25, 0.3) is 5.91 Å². The summed E-state index contributed by atoms with van der Waals surface area (Å²) in [5.41, 5.74) is 6.59. The Bertz CT molecular complexity index is 493. The van der Waals surface area contributed by atoms with E-state index in [0.717, 1.165) is 30.9 Å². The SMILES string of the molecule is CC(C)Cc1nc(NC2CCC(C)CC2)ncc1C(N)=O. The van der Waals surface area contributed by atoms with E-state index < -0.39 is 5.91 Å². The standard InChI is InChI=1S/C16H26N4O/c1-10(2)8-14-13(15(17)21)9-18-16(20-14)19-12-6-4-11(3)5-7-12/h9-12H,4-8H2,1-3H3,(H2,17,21)(H,18,19,20). The number of carbonyl (C=O) groups is 1. The molecule has 0 aromatic carbocycles. The lowest BCUT2D eigenvalue weighted by Crippen LogP contribution is -2.27. The second-order valence-corrected chi connectivity index (χ2v) is 6.62. The Morgan fingerprint density at radius 3 is 2.62 bits per heavy atom. The van der Waals surface area contributed by atoms with Crippen molar-refractivity contribution in [1.82, 2.24) is 9.97 Å². The van der Waals surface area contributed by atoms with E-state index in [4.69, 9.17) is 5.73 Å². The zero-order chi connectivity index (χ0) is 15.4. The quantitative estimate of drug-likeness (QED) is 0.873. The predicted molar refractivity (Wildman–Crippen MR) is 84.1 cm³/mol. The number of primary amides is 1. The number of nitrogens with one attached hydrogen (secondary N) is 1. The molecule has 0 aliphatic heterocycles. The van der Waals surface area contributed by atoms with Crippen LogP contribution >= 0.6 is 0 Å². The van der Waals surface area contributed by atoms with Crippen LogP contribution in [0.1, 0.15) is 62.5 Å². The monoisotopic (exact) mass is 290 g/mol. The van der Waals surface area contributed by atoms with Crippen molar-refractivity contribution >= 4 is 11.9 Å². The summed E-state index contributed by atoms with van der Waals surface area (Å²) in [4.78, 5) is 20.2. The summed E-state index contributed by atoms with van der Waals surface area (Å²) in [6.45, 7) is 6.50. The van der Waals surface area contributed by atoms with Gasteiger partial charge in [0.05, 0.1) is 11.3 Å². The van der Waals surface area contributed by atoms with Gasteiger partial charge in [-0.3, -0.25) is 4.79 Å². The highest BCUT2D eigenvalue weighted by molar-refractivity contribution is 5.93. The fourth-order valence-corrected chi connectivity index (χ4v) is 2.82. The van der Waals surface area contributed by atoms with Crippen LogP contribution in [0, 0.1) is 11.8 Å². The molecule has 21 heavy (non-hydrogen) atoms. The van der Waals surface area contributed by atoms with Crippen LogP contribution in [0.15, 0.2) is 6.20 Å². The topological polar surface area (TPSA) is 80.9 Å². The number of hydrogen-bond acceptors (Lipinski definition) is 4. The molecule has 1 aromatic heterocycles. The Labute approximate surface area is 126 Å². The summed E-state index contributed by atoms with van der Waals surface area (Å²) < 4.78 is 0. The maximum absolute atomic E-state index is 11.5. The highest BCUT2D eigenvalue weighted by atomic mass is 16.1. The van der Waals surface area contributed by atoms with Gasteiger partial charge >= 0.3 is 0 Å². The molecule has 1 aliphatic carbocycles. The Hall–Kier alpha value is -1.65. The number of aromatic nitrogens is 2. The molecule has 0 spiro atoms. The maximum atomic E-state index is 11.5. The van der Waals surface area contributed by atoms with E-state index >= 15 is 0 Å². The molecule has 0 unspecified atom stereocenters. The van der Waals surface area contributed by atoms with Crippen LogP contribution in [-0.2, 0) is 6.42 Å². The van der Waals surface area contributed by atoms with Gasteiger partial charge in [-0.05, 0) is 43.9 Å². The minimum atomic E-state index is -0.455. The third-order valence-corrected chi connectivity index (χ3v) is 4.08. The number of anilines is 1. The fraction of sp³-hybridized carbons (Fsp3) is 0.688. The third-order valence-electron chi connectivity index (χ3n) is 4.08. The molecule has 1 saturated carbocycles. The molecule has 2 rings (SSSR count). The second kappa shape index (κ2) is 6.87. The second-order valence-electron chi connectivity index (χ2n) is 6.62. The Kier molecular flexibility index (Phi) is 5.15. The molecule has 116 valence electrons. The summed E-state index contributed by atoms with van der Waals surface area (Å²) in [6, 6.07) is 0.438. The van der Waals surface area contributed by atoms with Gasteiger partial charge in [0, 0.05) is 12.2 Å². The highest BCUT2D eigenvalue weighted by Crippen LogP contribution is 2.25. The molecule has 1 fully saturated rings. The molecule has 0 radical (unpaired) electrons. The van der Waals surface area contributed by atoms with Gasteiger partial charge in [-0.1, -0.05) is 20.8 Å². The van der Waals surface area contributed by atoms with Crippen LogP contribution in [0.25, 0.3) is 0 Å². The molecule has 1 aromatic rings. The van der Waals surface area contributed by atoms with Crippen LogP contribution < -0.4 is 11.1 Å². The number of carbonyl (C=O) groups excluding carboxylic acids is 1. The number of nitrogens with two attached hydrogens (primary N) is 1. The molecule has 0 atom stereocenters. The number of amides is 1. The molecular formula is C16H26N4O. The molecule has 1 aliphatic rings. The first-order valence-electron chi connectivity index (χ1n) is 7.88. The molecule has 1 heterocycles. The Balaban J connectivity index is 2.11. The predicted octanol–water partition coefficient (Wildman–Crippen LogP) is 2.76. The first kappa shape index (κ1) is 15.7. The Morgan fingerprint density at radius 2 is 2.05 bits per heavy atom. The van der Waals surface area contributed by atoms with Crippen molar-refractivity contribution in [3.8, 4) is 0 Å². The Morgan fingerprint density at radius 1 is 1.38 bits per heavy atom. The molecule has 1 amide bonds. The minimum Gasteiger partial charge on any atom is -0.365 e. The van der Waals surface area contributed by atoms with E-state index in [2.05, 4.69) is 36.1 Å². The zero-order valence-electron chi connectivity index (χ0n) is 13.2. The minimum absolute atomic E-state index is 0.418. The van der Waals surface area contributed by atoms with E-state index in [1.165, 1.54) is 12.8 Å². The van der Waals surface area contributed by atoms with Crippen molar-refractivity contribution in [3.63, 3.8) is 0 Å². The van der Waals surface area contributed by atoms with E-state index in [9.17, 15) is 4.79 Å². The summed E-state index contributed by atoms with van der Waals surface area (Å²) >= 11 is 0. The average molecular weight is 290 g/mol. The lowest BCUT2D eigenvalue weighted by molar-refractivity contribution is 0.0998. The smallest absolute Gasteiger partial charge is 0.252 e. The summed E-state index contributed by atoms with van der Waals surface area (Å²) in [5.74, 6) is 1.40. The molecule has 0 bridgehead atoms. The van der Waals surface area contributed by atoms with Gasteiger partial charge < -0.3 is 11.1 Å². The maximum Gasteiger partial charge on any atom is 0.252 e. The van der Waals surface area contributed by atoms with Crippen LogP contribution in [0.5, 0.6) is 0 Å². The van der Waals surface area contributed by atoms with Gasteiger partial charge in [0.2, 0.25) is 5.95 Å². The lowest BCUT2D eigenvalue weighted by atomic mass is 9.87. The summed E-state index contributed by atoms with van der Waals surface area (Å²) in [7, 11) is 0. The van der Waals surface area contributed by atoms with Crippen LogP contribution in [-0.4, -0.2) is 21.9 Å². The zero-order valence-corrected chi connectivity index (χ0v) is 13.2. The van der Waals surface area contributed by atoms with Gasteiger partial charge in [0.15, 0.2) is 0 Å². The number of hydrogen-bond donors (Lipinski definition) is 2. The number of rotatable bonds is 5. The van der Waals surface area contributed by atoms with E-state index in [0.29, 0.717) is 23.5 Å². The summed E-state index contributed by atoms with van der Waals surface area (Å²) in [5, 5.41) is 3.41. The van der Waals surface area contributed by atoms with Crippen molar-refractivity contribution in [2.24, 2.45) is 17.6 Å². The molecular weight excluding hydrogens is 264 g/mol. The van der Waals surface area contributed by atoms with E-state index in [1.807, 2.05) is 0 Å². The lowest BCUT2D eigenvalue weighted by Gasteiger charge is -2.27. The molecule has 0 saturated heterocycles. The summed E-state index contributed by atoms with van der Waals surface area (Å²) in [6.07, 6.45) is 7.09. The van der Waals surface area contributed by atoms with Gasteiger partial charge in [-0.15, -0.1) is 0 Å². The molecule has 5 nitrogen and oxygen atoms in total. The normalized spacial score (nSPS) is 22.3. The molecule has 5 heteroatoms. The van der Waals surface area contributed by atoms with Crippen molar-refractivity contribution in [2.75, 3.05) is 5.32 Å². The average Bonchev–Trinajstić information content (AvgIpc) is 2.40. The highest BCUT2D eigenvalue weighted by Gasteiger charge is 2.20. The van der Waals surface area contributed by atoms with Gasteiger partial charge in [-0.25, -0.2) is 9.97 Å². The van der Waals surface area contributed by atoms with Crippen molar-refractivity contribution in [2.45, 2.75) is 58.9 Å². The first-order valence-corrected chi connectivity index (χ1v) is 7.88. The van der Waals surface area contributed by atoms with Crippen LogP contribution in [0.3, 0.4) is 0 Å². The van der Waals surface area contributed by atoms with Crippen LogP contribution in [0.4, 0.5) is 5.95 Å². The largest absolute Gasteiger partial charge is 0.365 e. The first-order chi connectivity index (χ1) is 9.95. The van der Waals surface area contributed by atoms with Crippen molar-refractivity contribution < 1.29 is 4.79 Å². The van der Waals surface area contributed by atoms with Crippen LogP contribution in [0.2, 0.25) is 0 Å². The van der Waals surface area contributed by atoms with E-state index in [-0.39, 0.29) is 0 Å².